The second-order valence-electron chi connectivity index (χ2n) is 9.26. The Kier molecular flexibility index (Phi) is 19.9. The van der Waals surface area contributed by atoms with E-state index in [2.05, 4.69) is 38.0 Å². The van der Waals surface area contributed by atoms with Gasteiger partial charge in [0.05, 0.1) is 19.2 Å². The highest BCUT2D eigenvalue weighted by molar-refractivity contribution is 5.88. The second kappa shape index (κ2) is 19.8. The minimum absolute atomic E-state index is 0.0600. The highest BCUT2D eigenvalue weighted by Crippen LogP contribution is 2.14. The molecule has 2 amide bonds. The summed E-state index contributed by atoms with van der Waals surface area (Å²) in [7, 11) is 3.86. The van der Waals surface area contributed by atoms with Crippen molar-refractivity contribution in [3.8, 4) is 0 Å². The average Bonchev–Trinajstić information content (AvgIpc) is 2.96. The Balaban J connectivity index is 0. The van der Waals surface area contributed by atoms with Crippen molar-refractivity contribution >= 4 is 18.3 Å². The van der Waals surface area contributed by atoms with Crippen LogP contribution in [0.1, 0.15) is 74.1 Å². The van der Waals surface area contributed by atoms with Gasteiger partial charge in [-0.15, -0.1) is 0 Å². The van der Waals surface area contributed by atoms with Crippen molar-refractivity contribution in [2.45, 2.75) is 80.2 Å². The van der Waals surface area contributed by atoms with Gasteiger partial charge < -0.3 is 19.9 Å². The van der Waals surface area contributed by atoms with Crippen molar-refractivity contribution in [3.05, 3.63) is 11.6 Å². The number of rotatable bonds is 8. The Hall–Kier alpha value is -1.89. The van der Waals surface area contributed by atoms with Gasteiger partial charge in [0.15, 0.2) is 0 Å². The first-order chi connectivity index (χ1) is 15.0. The summed E-state index contributed by atoms with van der Waals surface area (Å²) in [5.41, 5.74) is 0.466. The zero-order valence-electron chi connectivity index (χ0n) is 22.1. The third-order valence-corrected chi connectivity index (χ3v) is 4.71. The van der Waals surface area contributed by atoms with E-state index in [1.807, 2.05) is 13.8 Å². The molecule has 0 radical (unpaired) electrons. The summed E-state index contributed by atoms with van der Waals surface area (Å²) in [6.45, 7) is 16.7. The number of hydrogen-bond donors (Lipinski definition) is 1. The average molecular weight is 456 g/mol. The molecule has 1 aliphatic rings. The standard InChI is InChI=1S/C14H24N2O4.C7H15N.C4H10/c1-6-20-14(19)11(4)7-12(10(2)3)16(5)13(18)8-15-9-17;1-8-6-4-2-3-5-7-8;1-4(2)3/h7,9-10,12H,6,8H2,1-5H3,(H,15,17);2-7H2,1H3;4H,1-3H3/b11-7+;;. The molecule has 0 aromatic heterocycles. The topological polar surface area (TPSA) is 79.0 Å². The fourth-order valence-corrected chi connectivity index (χ4v) is 2.97. The number of esters is 1. The fraction of sp³-hybridized carbons (Fsp3) is 0.800. The Morgan fingerprint density at radius 2 is 1.56 bits per heavy atom. The summed E-state index contributed by atoms with van der Waals surface area (Å²) in [5, 5.41) is 2.34. The maximum absolute atomic E-state index is 11.9. The predicted molar refractivity (Wildman–Crippen MR) is 132 cm³/mol. The third-order valence-electron chi connectivity index (χ3n) is 4.71. The van der Waals surface area contributed by atoms with E-state index in [-0.39, 0.29) is 30.4 Å². The van der Waals surface area contributed by atoms with E-state index >= 15 is 0 Å². The summed E-state index contributed by atoms with van der Waals surface area (Å²) in [4.78, 5) is 37.7. The van der Waals surface area contributed by atoms with Gasteiger partial charge in [-0.3, -0.25) is 9.59 Å². The quantitative estimate of drug-likeness (QED) is 0.341. The van der Waals surface area contributed by atoms with E-state index in [0.717, 1.165) is 5.92 Å². The maximum atomic E-state index is 11.9. The molecule has 1 atom stereocenters. The molecule has 0 bridgehead atoms. The van der Waals surface area contributed by atoms with Crippen LogP contribution in [0.2, 0.25) is 0 Å². The Morgan fingerprint density at radius 1 is 1.06 bits per heavy atom. The second-order valence-corrected chi connectivity index (χ2v) is 9.26. The van der Waals surface area contributed by atoms with Crippen LogP contribution in [0.25, 0.3) is 0 Å². The molecule has 1 unspecified atom stereocenters. The van der Waals surface area contributed by atoms with Gasteiger partial charge in [0.1, 0.15) is 0 Å². The van der Waals surface area contributed by atoms with Gasteiger partial charge in [0, 0.05) is 12.6 Å². The normalized spacial score (nSPS) is 15.4. The Morgan fingerprint density at radius 3 is 1.97 bits per heavy atom. The Labute approximate surface area is 196 Å². The molecule has 0 aliphatic carbocycles. The highest BCUT2D eigenvalue weighted by atomic mass is 16.5. The number of ether oxygens (including phenoxy) is 1. The van der Waals surface area contributed by atoms with E-state index in [4.69, 9.17) is 4.74 Å². The van der Waals surface area contributed by atoms with Crippen LogP contribution in [-0.4, -0.2) is 74.5 Å². The van der Waals surface area contributed by atoms with Gasteiger partial charge in [-0.2, -0.15) is 0 Å². The van der Waals surface area contributed by atoms with Crippen LogP contribution in [0, 0.1) is 11.8 Å². The van der Waals surface area contributed by atoms with Crippen molar-refractivity contribution in [2.24, 2.45) is 11.8 Å². The zero-order valence-corrected chi connectivity index (χ0v) is 22.1. The van der Waals surface area contributed by atoms with E-state index < -0.39 is 0 Å². The monoisotopic (exact) mass is 455 g/mol. The Bertz CT molecular complexity index is 537. The van der Waals surface area contributed by atoms with Crippen LogP contribution in [0.5, 0.6) is 0 Å². The van der Waals surface area contributed by atoms with Gasteiger partial charge >= 0.3 is 5.97 Å². The minimum atomic E-state index is -0.384. The number of likely N-dealkylation sites (tertiary alicyclic amines) is 1. The lowest BCUT2D eigenvalue weighted by molar-refractivity contribution is -0.138. The molecule has 188 valence electrons. The van der Waals surface area contributed by atoms with Gasteiger partial charge in [-0.05, 0) is 58.7 Å². The van der Waals surface area contributed by atoms with Crippen molar-refractivity contribution < 1.29 is 19.1 Å². The molecule has 1 rings (SSSR count). The number of carbonyl (C=O) groups is 3. The van der Waals surface area contributed by atoms with Crippen LogP contribution >= 0.6 is 0 Å². The molecule has 0 spiro atoms. The first-order valence-electron chi connectivity index (χ1n) is 11.9. The number of carbonyl (C=O) groups excluding carboxylic acids is 3. The summed E-state index contributed by atoms with van der Waals surface area (Å²) in [5.74, 6) is 0.360. The van der Waals surface area contributed by atoms with Crippen LogP contribution in [0.3, 0.4) is 0 Å². The smallest absolute Gasteiger partial charge is 0.333 e. The van der Waals surface area contributed by atoms with E-state index in [1.54, 1.807) is 27.0 Å². The van der Waals surface area contributed by atoms with Crippen LogP contribution in [0.4, 0.5) is 0 Å². The molecule has 1 N–H and O–H groups in total. The van der Waals surface area contributed by atoms with E-state index in [9.17, 15) is 14.4 Å². The molecule has 7 heteroatoms. The van der Waals surface area contributed by atoms with E-state index in [1.165, 1.54) is 43.7 Å². The third kappa shape index (κ3) is 17.8. The SMILES string of the molecule is CC(C)C.CCOC(=O)/C(C)=C/C(C(C)C)N(C)C(=O)CNC=O.CN1CCCCCC1. The number of likely N-dealkylation sites (N-methyl/N-ethyl adjacent to an activating group) is 1. The number of nitrogens with zero attached hydrogens (tertiary/aromatic N) is 2. The van der Waals surface area contributed by atoms with Crippen LogP contribution in [-0.2, 0) is 19.1 Å². The van der Waals surface area contributed by atoms with Crippen molar-refractivity contribution in [1.82, 2.24) is 15.1 Å². The highest BCUT2D eigenvalue weighted by Gasteiger charge is 2.22. The first-order valence-corrected chi connectivity index (χ1v) is 11.9. The summed E-state index contributed by atoms with van der Waals surface area (Å²) < 4.78 is 4.92. The van der Waals surface area contributed by atoms with Crippen molar-refractivity contribution in [3.63, 3.8) is 0 Å². The van der Waals surface area contributed by atoms with Crippen LogP contribution < -0.4 is 5.32 Å². The molecule has 7 nitrogen and oxygen atoms in total. The molecule has 1 heterocycles. The summed E-state index contributed by atoms with van der Waals surface area (Å²) in [6.07, 6.45) is 7.93. The predicted octanol–water partition coefficient (Wildman–Crippen LogP) is 3.88. The molecular formula is C25H49N3O4. The molecule has 1 fully saturated rings. The zero-order chi connectivity index (χ0) is 25.1. The summed E-state index contributed by atoms with van der Waals surface area (Å²) >= 11 is 0. The number of hydrogen-bond acceptors (Lipinski definition) is 5. The molecule has 1 aliphatic heterocycles. The largest absolute Gasteiger partial charge is 0.463 e. The lowest BCUT2D eigenvalue weighted by atomic mass is 10.00. The molecule has 1 saturated heterocycles. The van der Waals surface area contributed by atoms with Crippen LogP contribution in [0.15, 0.2) is 11.6 Å². The van der Waals surface area contributed by atoms with Crippen molar-refractivity contribution in [1.29, 1.82) is 0 Å². The van der Waals surface area contributed by atoms with Gasteiger partial charge in [0.2, 0.25) is 12.3 Å². The molecule has 0 aromatic carbocycles. The fourth-order valence-electron chi connectivity index (χ4n) is 2.97. The van der Waals surface area contributed by atoms with E-state index in [0.29, 0.717) is 18.6 Å². The maximum Gasteiger partial charge on any atom is 0.333 e. The number of nitrogens with one attached hydrogen (secondary N) is 1. The first kappa shape index (κ1) is 32.3. The lowest BCUT2D eigenvalue weighted by Gasteiger charge is -2.29. The van der Waals surface area contributed by atoms with Crippen molar-refractivity contribution in [2.75, 3.05) is 40.3 Å². The molecule has 0 saturated carbocycles. The molecular weight excluding hydrogens is 406 g/mol. The van der Waals surface area contributed by atoms with Gasteiger partial charge in [0.25, 0.3) is 0 Å². The minimum Gasteiger partial charge on any atom is -0.463 e. The van der Waals surface area contributed by atoms with Gasteiger partial charge in [-0.1, -0.05) is 53.5 Å². The van der Waals surface area contributed by atoms with Gasteiger partial charge in [-0.25, -0.2) is 4.79 Å². The molecule has 0 aromatic rings. The lowest BCUT2D eigenvalue weighted by Crippen LogP contribution is -2.43. The summed E-state index contributed by atoms with van der Waals surface area (Å²) in [6, 6.07) is -0.236. The molecule has 32 heavy (non-hydrogen) atoms. The number of amides is 2.